The number of ketones is 2. The molecule has 4 aromatic rings. The van der Waals surface area contributed by atoms with E-state index < -0.39 is 23.5 Å². The zero-order valence-corrected chi connectivity index (χ0v) is 24.3. The van der Waals surface area contributed by atoms with E-state index in [2.05, 4.69) is 4.98 Å². The number of rotatable bonds is 6. The fraction of sp³-hybridized carbons (Fsp3) is 0.133. The Hall–Kier alpha value is -3.82. The molecule has 0 fully saturated rings. The van der Waals surface area contributed by atoms with Crippen LogP contribution in [-0.2, 0) is 4.74 Å². The van der Waals surface area contributed by atoms with Gasteiger partial charge in [0, 0.05) is 11.9 Å². The van der Waals surface area contributed by atoms with E-state index in [9.17, 15) is 24.0 Å². The number of nitrogens with zero attached hydrogens (tertiary/aromatic N) is 2. The molecule has 6 rings (SSSR count). The molecule has 2 amide bonds. The van der Waals surface area contributed by atoms with Crippen LogP contribution in [0.25, 0.3) is 10.9 Å². The van der Waals surface area contributed by atoms with E-state index >= 15 is 0 Å². The Morgan fingerprint density at radius 2 is 1.38 bits per heavy atom. The molecule has 210 valence electrons. The van der Waals surface area contributed by atoms with Crippen LogP contribution in [0.4, 0.5) is 0 Å². The Morgan fingerprint density at radius 1 is 0.786 bits per heavy atom. The van der Waals surface area contributed by atoms with Crippen LogP contribution in [-0.4, -0.2) is 52.4 Å². The average Bonchev–Trinajstić information content (AvgIpc) is 3.40. The molecule has 1 aromatic heterocycles. The molecule has 0 atom stereocenters. The Morgan fingerprint density at radius 3 is 1.98 bits per heavy atom. The van der Waals surface area contributed by atoms with Gasteiger partial charge in [0.1, 0.15) is 5.92 Å². The third-order valence-corrected chi connectivity index (χ3v) is 8.97. The van der Waals surface area contributed by atoms with Crippen LogP contribution >= 0.6 is 46.4 Å². The molecule has 0 bridgehead atoms. The van der Waals surface area contributed by atoms with Crippen molar-refractivity contribution >= 4 is 86.7 Å². The van der Waals surface area contributed by atoms with Gasteiger partial charge in [0.25, 0.3) is 11.8 Å². The lowest BCUT2D eigenvalue weighted by Gasteiger charge is -2.13. The van der Waals surface area contributed by atoms with E-state index in [1.807, 2.05) is 0 Å². The number of ether oxygens (including phenoxy) is 1. The quantitative estimate of drug-likeness (QED) is 0.0565. The van der Waals surface area contributed by atoms with Crippen molar-refractivity contribution in [3.05, 3.63) is 108 Å². The first-order chi connectivity index (χ1) is 20.1. The summed E-state index contributed by atoms with van der Waals surface area (Å²) in [6.07, 6.45) is 0.270. The van der Waals surface area contributed by atoms with Crippen molar-refractivity contribution in [1.29, 1.82) is 0 Å². The summed E-state index contributed by atoms with van der Waals surface area (Å²) in [4.78, 5) is 69.7. The van der Waals surface area contributed by atoms with Crippen molar-refractivity contribution in [2.75, 3.05) is 13.2 Å². The lowest BCUT2D eigenvalue weighted by molar-refractivity contribution is 0.0482. The number of esters is 1. The third kappa shape index (κ3) is 4.46. The average molecular weight is 642 g/mol. The van der Waals surface area contributed by atoms with Gasteiger partial charge in [0.2, 0.25) is 0 Å². The number of aromatic nitrogens is 1. The van der Waals surface area contributed by atoms with Gasteiger partial charge in [0.05, 0.1) is 65.7 Å². The van der Waals surface area contributed by atoms with E-state index in [1.54, 1.807) is 42.5 Å². The fourth-order valence-electron chi connectivity index (χ4n) is 5.11. The topological polar surface area (TPSA) is 111 Å². The molecule has 2 aliphatic rings. The highest BCUT2D eigenvalue weighted by atomic mass is 35.5. The van der Waals surface area contributed by atoms with E-state index in [1.165, 1.54) is 12.1 Å². The summed E-state index contributed by atoms with van der Waals surface area (Å²) in [6.45, 7) is 0.106. The monoisotopic (exact) mass is 640 g/mol. The highest BCUT2D eigenvalue weighted by Crippen LogP contribution is 2.48. The number of amides is 2. The van der Waals surface area contributed by atoms with E-state index in [0.717, 1.165) is 4.90 Å². The van der Waals surface area contributed by atoms with Crippen molar-refractivity contribution in [1.82, 2.24) is 9.88 Å². The highest BCUT2D eigenvalue weighted by Gasteiger charge is 2.45. The standard InChI is InChI=1S/C30H16Cl4N2O6/c31-22-20-21(23(32)25(34)24(22)33)27(38)19(26(20)37)18-9-6-13-12-14(7-8-17(13)35-18)30(41)42-11-3-10-36-28(39)15-4-1-2-5-16(15)29(36)40/h1-2,4-9,12,19H,3,10-11H2. The predicted molar refractivity (Wildman–Crippen MR) is 156 cm³/mol. The number of fused-ring (bicyclic) bond motifs is 3. The van der Waals surface area contributed by atoms with Gasteiger partial charge in [-0.3, -0.25) is 29.1 Å². The number of carbonyl (C=O) groups is 5. The Labute approximate surface area is 258 Å². The van der Waals surface area contributed by atoms with Gasteiger partial charge in [-0.2, -0.15) is 0 Å². The van der Waals surface area contributed by atoms with Crippen LogP contribution in [0, 0.1) is 0 Å². The molecule has 3 aromatic carbocycles. The zero-order valence-electron chi connectivity index (χ0n) is 21.3. The van der Waals surface area contributed by atoms with Crippen LogP contribution in [0.5, 0.6) is 0 Å². The molecule has 1 aliphatic heterocycles. The third-order valence-electron chi connectivity index (χ3n) is 7.16. The maximum Gasteiger partial charge on any atom is 0.338 e. The van der Waals surface area contributed by atoms with Gasteiger partial charge in [-0.15, -0.1) is 0 Å². The number of pyridine rings is 1. The first-order valence-corrected chi connectivity index (χ1v) is 14.1. The molecule has 12 heteroatoms. The number of Topliss-reactive ketones (excluding diaryl/α,β-unsaturated/α-hetero) is 2. The fourth-order valence-corrected chi connectivity index (χ4v) is 6.15. The van der Waals surface area contributed by atoms with E-state index in [4.69, 9.17) is 51.1 Å². The van der Waals surface area contributed by atoms with Crippen LogP contribution in [0.1, 0.15) is 69.8 Å². The molecule has 1 aliphatic carbocycles. The molecule has 0 saturated heterocycles. The summed E-state index contributed by atoms with van der Waals surface area (Å²) >= 11 is 24.7. The van der Waals surface area contributed by atoms with Gasteiger partial charge in [-0.05, 0) is 42.8 Å². The van der Waals surface area contributed by atoms with Crippen LogP contribution < -0.4 is 0 Å². The number of benzene rings is 3. The van der Waals surface area contributed by atoms with Gasteiger partial charge in [0.15, 0.2) is 11.6 Å². The second kappa shape index (κ2) is 10.8. The molecule has 42 heavy (non-hydrogen) atoms. The zero-order chi connectivity index (χ0) is 29.9. The summed E-state index contributed by atoms with van der Waals surface area (Å²) in [7, 11) is 0. The van der Waals surface area contributed by atoms with Gasteiger partial charge >= 0.3 is 5.97 Å². The van der Waals surface area contributed by atoms with Crippen molar-refractivity contribution in [2.45, 2.75) is 12.3 Å². The molecule has 0 unspecified atom stereocenters. The van der Waals surface area contributed by atoms with Crippen molar-refractivity contribution < 1.29 is 28.7 Å². The molecule has 0 spiro atoms. The minimum atomic E-state index is -1.28. The molecule has 0 saturated carbocycles. The van der Waals surface area contributed by atoms with Gasteiger partial charge < -0.3 is 4.74 Å². The lowest BCUT2D eigenvalue weighted by atomic mass is 9.98. The lowest BCUT2D eigenvalue weighted by Crippen LogP contribution is -2.31. The molecule has 0 N–H and O–H groups in total. The summed E-state index contributed by atoms with van der Waals surface area (Å²) in [5.41, 5.74) is 1.40. The Balaban J connectivity index is 1.13. The number of carbonyl (C=O) groups excluding carboxylic acids is 5. The van der Waals surface area contributed by atoms with Crippen molar-refractivity contribution in [3.63, 3.8) is 0 Å². The Kier molecular flexibility index (Phi) is 7.27. The summed E-state index contributed by atoms with van der Waals surface area (Å²) in [5.74, 6) is -3.79. The summed E-state index contributed by atoms with van der Waals surface area (Å²) < 4.78 is 5.35. The number of hydrogen-bond acceptors (Lipinski definition) is 7. The highest BCUT2D eigenvalue weighted by molar-refractivity contribution is 6.55. The first-order valence-electron chi connectivity index (χ1n) is 12.6. The molecular weight excluding hydrogens is 626 g/mol. The number of imide groups is 1. The molecule has 2 heterocycles. The van der Waals surface area contributed by atoms with Crippen molar-refractivity contribution in [3.8, 4) is 0 Å². The van der Waals surface area contributed by atoms with E-state index in [-0.39, 0.29) is 73.9 Å². The minimum Gasteiger partial charge on any atom is -0.462 e. The second-order valence-corrected chi connectivity index (χ2v) is 11.1. The van der Waals surface area contributed by atoms with Crippen molar-refractivity contribution in [2.24, 2.45) is 0 Å². The van der Waals surface area contributed by atoms with Gasteiger partial charge in [-0.1, -0.05) is 64.6 Å². The van der Waals surface area contributed by atoms with Crippen LogP contribution in [0.15, 0.2) is 54.6 Å². The number of halogens is 4. The maximum atomic E-state index is 13.2. The Bertz CT molecular complexity index is 1820. The van der Waals surface area contributed by atoms with Crippen LogP contribution in [0.3, 0.4) is 0 Å². The first kappa shape index (κ1) is 28.3. The second-order valence-electron chi connectivity index (χ2n) is 9.61. The SMILES string of the molecule is O=C(OCCCN1C(=O)c2ccccc2C1=O)c1ccc2nc(C3C(=O)c4c(Cl)c(Cl)c(Cl)c(Cl)c4C3=O)ccc2c1. The van der Waals surface area contributed by atoms with E-state index in [0.29, 0.717) is 22.0 Å². The molecule has 8 nitrogen and oxygen atoms in total. The van der Waals surface area contributed by atoms with Gasteiger partial charge in [-0.25, -0.2) is 4.79 Å². The maximum absolute atomic E-state index is 13.2. The summed E-state index contributed by atoms with van der Waals surface area (Å²) in [5, 5.41) is 0.0534. The van der Waals surface area contributed by atoms with Crippen LogP contribution in [0.2, 0.25) is 20.1 Å². The summed E-state index contributed by atoms with van der Waals surface area (Å²) in [6, 6.07) is 14.4. The minimum absolute atomic E-state index is 0.00687. The molecular formula is C30H16Cl4N2O6. The predicted octanol–water partition coefficient (Wildman–Crippen LogP) is 6.85. The molecule has 0 radical (unpaired) electrons. The number of hydrogen-bond donors (Lipinski definition) is 0. The smallest absolute Gasteiger partial charge is 0.338 e. The largest absolute Gasteiger partial charge is 0.462 e. The normalized spacial score (nSPS) is 14.6.